The van der Waals surface area contributed by atoms with Crippen molar-refractivity contribution in [2.75, 3.05) is 25.1 Å². The minimum absolute atomic E-state index is 0.00657. The van der Waals surface area contributed by atoms with E-state index in [0.717, 1.165) is 35.4 Å². The lowest BCUT2D eigenvalue weighted by molar-refractivity contribution is -0.142. The second-order valence-corrected chi connectivity index (χ2v) is 9.37. The van der Waals surface area contributed by atoms with Crippen LogP contribution in [-0.2, 0) is 25.6 Å². The summed E-state index contributed by atoms with van der Waals surface area (Å²) in [7, 11) is 0. The third-order valence-corrected chi connectivity index (χ3v) is 6.98. The summed E-state index contributed by atoms with van der Waals surface area (Å²) in [5.41, 5.74) is 2.62. The van der Waals surface area contributed by atoms with E-state index in [2.05, 4.69) is 15.6 Å². The van der Waals surface area contributed by atoms with Gasteiger partial charge in [0.15, 0.2) is 0 Å². The number of aliphatic hydroxyl groups is 1. The Morgan fingerprint density at radius 3 is 2.80 bits per heavy atom. The molecule has 1 aromatic heterocycles. The fraction of sp³-hybridized carbons (Fsp3) is 0.500. The van der Waals surface area contributed by atoms with Crippen molar-refractivity contribution in [2.45, 2.75) is 56.5 Å². The zero-order chi connectivity index (χ0) is 24.2. The molecule has 9 nitrogen and oxygen atoms in total. The highest BCUT2D eigenvalue weighted by molar-refractivity contribution is 5.92. The summed E-state index contributed by atoms with van der Waals surface area (Å²) < 4.78 is 17.5. The molecule has 4 atom stereocenters. The van der Waals surface area contributed by atoms with Crippen LogP contribution in [0.1, 0.15) is 42.7 Å². The Labute approximate surface area is 204 Å². The smallest absolute Gasteiger partial charge is 0.227 e. The minimum Gasteiger partial charge on any atom is -0.487 e. The Hall–Kier alpha value is -3.01. The summed E-state index contributed by atoms with van der Waals surface area (Å²) in [6, 6.07) is 9.39. The quantitative estimate of drug-likeness (QED) is 0.554. The molecule has 0 saturated carbocycles. The van der Waals surface area contributed by atoms with Gasteiger partial charge in [-0.25, -0.2) is 0 Å². The number of carbonyl (C=O) groups excluding carboxylic acids is 2. The van der Waals surface area contributed by atoms with E-state index in [1.807, 2.05) is 30.3 Å². The summed E-state index contributed by atoms with van der Waals surface area (Å²) in [6.07, 6.45) is 4.43. The summed E-state index contributed by atoms with van der Waals surface area (Å²) in [5, 5.41) is 15.9. The van der Waals surface area contributed by atoms with E-state index < -0.39 is 6.10 Å². The number of nitrogens with zero attached hydrogens (tertiary/aromatic N) is 1. The Bertz CT molecular complexity index is 1040. The van der Waals surface area contributed by atoms with Gasteiger partial charge >= 0.3 is 0 Å². The maximum atomic E-state index is 12.7. The molecule has 1 aromatic carbocycles. The number of hydrogen-bond acceptors (Lipinski definition) is 7. The number of pyridine rings is 1. The first-order chi connectivity index (χ1) is 17.1. The van der Waals surface area contributed by atoms with Crippen LogP contribution in [0.3, 0.4) is 0 Å². The number of rotatable bonds is 7. The molecule has 35 heavy (non-hydrogen) atoms. The highest BCUT2D eigenvalue weighted by Gasteiger charge is 2.46. The molecule has 2 amide bonds. The summed E-state index contributed by atoms with van der Waals surface area (Å²) >= 11 is 0. The lowest BCUT2D eigenvalue weighted by atomic mass is 9.84. The van der Waals surface area contributed by atoms with Crippen molar-refractivity contribution in [3.63, 3.8) is 0 Å². The normalized spacial score (nSPS) is 25.7. The van der Waals surface area contributed by atoms with Crippen LogP contribution >= 0.6 is 0 Å². The lowest BCUT2D eigenvalue weighted by Crippen LogP contribution is -2.47. The van der Waals surface area contributed by atoms with E-state index in [0.29, 0.717) is 26.2 Å². The van der Waals surface area contributed by atoms with Crippen LogP contribution < -0.4 is 15.4 Å². The molecule has 0 spiro atoms. The SMILES string of the molecule is O=C(C[C@H]1C[C@H]2c3cc(NC(=O)C4CCOCC4)ccc3O[C@H]2[C@H](CO)O1)NCc1cccnc1. The molecule has 2 aromatic rings. The van der Waals surface area contributed by atoms with Crippen LogP contribution in [0, 0.1) is 5.92 Å². The predicted octanol–water partition coefficient (Wildman–Crippen LogP) is 2.15. The average Bonchev–Trinajstić information content (AvgIpc) is 3.26. The van der Waals surface area contributed by atoms with Crippen LogP contribution in [0.15, 0.2) is 42.7 Å². The van der Waals surface area contributed by atoms with Crippen molar-refractivity contribution >= 4 is 17.5 Å². The van der Waals surface area contributed by atoms with Crippen LogP contribution in [0.25, 0.3) is 0 Å². The molecular weight excluding hydrogens is 450 g/mol. The van der Waals surface area contributed by atoms with Gasteiger partial charge in [-0.3, -0.25) is 14.6 Å². The van der Waals surface area contributed by atoms with Gasteiger partial charge in [-0.15, -0.1) is 0 Å². The number of aliphatic hydroxyl groups excluding tert-OH is 1. The first-order valence-corrected chi connectivity index (χ1v) is 12.2. The second kappa shape index (κ2) is 10.7. The maximum Gasteiger partial charge on any atom is 0.227 e. The van der Waals surface area contributed by atoms with Crippen molar-refractivity contribution in [1.82, 2.24) is 10.3 Å². The molecule has 186 valence electrons. The van der Waals surface area contributed by atoms with Crippen LogP contribution in [0.2, 0.25) is 0 Å². The predicted molar refractivity (Wildman–Crippen MR) is 127 cm³/mol. The molecule has 0 bridgehead atoms. The van der Waals surface area contributed by atoms with Gasteiger partial charge in [-0.1, -0.05) is 6.07 Å². The molecule has 4 heterocycles. The molecule has 0 unspecified atom stereocenters. The molecule has 0 radical (unpaired) electrons. The number of hydrogen-bond donors (Lipinski definition) is 3. The minimum atomic E-state index is -0.530. The van der Waals surface area contributed by atoms with E-state index in [1.165, 1.54) is 0 Å². The van der Waals surface area contributed by atoms with Crippen molar-refractivity contribution in [3.05, 3.63) is 53.9 Å². The van der Waals surface area contributed by atoms with Gasteiger partial charge in [0.2, 0.25) is 11.8 Å². The van der Waals surface area contributed by atoms with Crippen molar-refractivity contribution < 1.29 is 28.9 Å². The van der Waals surface area contributed by atoms with E-state index in [1.54, 1.807) is 12.4 Å². The van der Waals surface area contributed by atoms with Gasteiger partial charge in [0.25, 0.3) is 0 Å². The van der Waals surface area contributed by atoms with Crippen LogP contribution in [-0.4, -0.2) is 60.0 Å². The third kappa shape index (κ3) is 5.47. The first-order valence-electron chi connectivity index (χ1n) is 12.2. The van der Waals surface area contributed by atoms with Crippen molar-refractivity contribution in [2.24, 2.45) is 5.92 Å². The molecule has 2 fully saturated rings. The summed E-state index contributed by atoms with van der Waals surface area (Å²) in [4.78, 5) is 29.3. The van der Waals surface area contributed by atoms with Gasteiger partial charge in [-0.2, -0.15) is 0 Å². The fourth-order valence-electron chi connectivity index (χ4n) is 5.15. The molecular formula is C26H31N3O6. The van der Waals surface area contributed by atoms with Gasteiger partial charge in [0.1, 0.15) is 18.0 Å². The average molecular weight is 482 g/mol. The largest absolute Gasteiger partial charge is 0.487 e. The highest BCUT2D eigenvalue weighted by Crippen LogP contribution is 2.47. The molecule has 3 aliphatic rings. The number of carbonyl (C=O) groups is 2. The number of amides is 2. The zero-order valence-electron chi connectivity index (χ0n) is 19.5. The Morgan fingerprint density at radius 1 is 1.17 bits per heavy atom. The molecule has 0 aliphatic carbocycles. The zero-order valence-corrected chi connectivity index (χ0v) is 19.5. The van der Waals surface area contributed by atoms with E-state index in [4.69, 9.17) is 14.2 Å². The van der Waals surface area contributed by atoms with Crippen LogP contribution in [0.4, 0.5) is 5.69 Å². The molecule has 3 N–H and O–H groups in total. The van der Waals surface area contributed by atoms with E-state index >= 15 is 0 Å². The topological polar surface area (TPSA) is 119 Å². The van der Waals surface area contributed by atoms with Gasteiger partial charge < -0.3 is 30.0 Å². The maximum absolute atomic E-state index is 12.7. The molecule has 2 saturated heterocycles. The number of anilines is 1. The molecule has 3 aliphatic heterocycles. The Balaban J connectivity index is 1.24. The Kier molecular flexibility index (Phi) is 7.26. The molecule has 5 rings (SSSR count). The standard InChI is InChI=1S/C26H31N3O6/c30-15-23-25-21(11-19(34-23)12-24(31)28-14-16-2-1-7-27-13-16)20-10-18(3-4-22(20)35-25)29-26(32)17-5-8-33-9-6-17/h1-4,7,10,13,17,19,21,23,25,30H,5-6,8-9,11-12,14-15H2,(H,28,31)(H,29,32)/t19-,21+,23+,25-/m1/s1. The van der Waals surface area contributed by atoms with Crippen molar-refractivity contribution in [1.29, 1.82) is 0 Å². The van der Waals surface area contributed by atoms with Gasteiger partial charge in [-0.05, 0) is 49.1 Å². The lowest BCUT2D eigenvalue weighted by Gasteiger charge is -2.37. The first kappa shape index (κ1) is 23.7. The van der Waals surface area contributed by atoms with E-state index in [9.17, 15) is 14.7 Å². The van der Waals surface area contributed by atoms with Crippen molar-refractivity contribution in [3.8, 4) is 5.75 Å². The fourth-order valence-corrected chi connectivity index (χ4v) is 5.15. The van der Waals surface area contributed by atoms with Gasteiger partial charge in [0.05, 0.1) is 19.1 Å². The number of nitrogens with one attached hydrogen (secondary N) is 2. The number of aromatic nitrogens is 1. The number of fused-ring (bicyclic) bond motifs is 3. The number of benzene rings is 1. The van der Waals surface area contributed by atoms with Gasteiger partial charge in [0, 0.05) is 55.2 Å². The third-order valence-electron chi connectivity index (χ3n) is 6.98. The summed E-state index contributed by atoms with van der Waals surface area (Å²) in [6.45, 7) is 1.42. The Morgan fingerprint density at radius 2 is 2.03 bits per heavy atom. The molecule has 9 heteroatoms. The summed E-state index contributed by atoms with van der Waals surface area (Å²) in [5.74, 6) is 0.537. The van der Waals surface area contributed by atoms with Crippen LogP contribution in [0.5, 0.6) is 5.75 Å². The number of ether oxygens (including phenoxy) is 3. The highest BCUT2D eigenvalue weighted by atomic mass is 16.6. The monoisotopic (exact) mass is 481 g/mol. The second-order valence-electron chi connectivity index (χ2n) is 9.37. The van der Waals surface area contributed by atoms with E-state index in [-0.39, 0.29) is 48.9 Å².